The highest BCUT2D eigenvalue weighted by Crippen LogP contribution is 2.23. The lowest BCUT2D eigenvalue weighted by Gasteiger charge is -2.06. The Kier molecular flexibility index (Phi) is 7.51. The monoisotopic (exact) mass is 388 g/mol. The lowest BCUT2D eigenvalue weighted by molar-refractivity contribution is -0.136. The lowest BCUT2D eigenvalue weighted by Crippen LogP contribution is -1.99. The van der Waals surface area contributed by atoms with Crippen LogP contribution in [0.5, 0.6) is 0 Å². The summed E-state index contributed by atoms with van der Waals surface area (Å²) in [5, 5.41) is 8.87. The van der Waals surface area contributed by atoms with E-state index in [0.717, 1.165) is 34.5 Å². The SMILES string of the molecule is CCCCCCCc1cnc(-c2ccc(-c3ccc(CC(=O)O)cc3)cc2)nc1. The van der Waals surface area contributed by atoms with Crippen LogP contribution in [0.4, 0.5) is 0 Å². The van der Waals surface area contributed by atoms with Crippen LogP contribution >= 0.6 is 0 Å². The molecule has 4 heteroatoms. The van der Waals surface area contributed by atoms with Crippen LogP contribution in [0.15, 0.2) is 60.9 Å². The number of carboxylic acids is 1. The summed E-state index contributed by atoms with van der Waals surface area (Å²) in [6.45, 7) is 2.23. The molecule has 0 unspecified atom stereocenters. The summed E-state index contributed by atoms with van der Waals surface area (Å²) in [5.41, 5.74) is 5.13. The molecule has 0 radical (unpaired) electrons. The molecule has 0 atom stereocenters. The van der Waals surface area contributed by atoms with Crippen molar-refractivity contribution in [2.24, 2.45) is 0 Å². The molecule has 0 aliphatic rings. The molecular weight excluding hydrogens is 360 g/mol. The van der Waals surface area contributed by atoms with E-state index in [-0.39, 0.29) is 6.42 Å². The average Bonchev–Trinajstić information content (AvgIpc) is 2.74. The van der Waals surface area contributed by atoms with Gasteiger partial charge in [0.05, 0.1) is 6.42 Å². The Bertz CT molecular complexity index is 901. The highest BCUT2D eigenvalue weighted by atomic mass is 16.4. The second-order valence-corrected chi connectivity index (χ2v) is 7.42. The van der Waals surface area contributed by atoms with Crippen LogP contribution in [0, 0.1) is 0 Å². The Balaban J connectivity index is 1.60. The van der Waals surface area contributed by atoms with E-state index in [4.69, 9.17) is 5.11 Å². The fraction of sp³-hybridized carbons (Fsp3) is 0.320. The minimum Gasteiger partial charge on any atom is -0.481 e. The fourth-order valence-electron chi connectivity index (χ4n) is 3.37. The largest absolute Gasteiger partial charge is 0.481 e. The number of hydrogen-bond donors (Lipinski definition) is 1. The molecule has 1 N–H and O–H groups in total. The third-order valence-electron chi connectivity index (χ3n) is 5.06. The first-order valence-electron chi connectivity index (χ1n) is 10.4. The van der Waals surface area contributed by atoms with Gasteiger partial charge < -0.3 is 5.11 Å². The molecule has 29 heavy (non-hydrogen) atoms. The number of aliphatic carboxylic acids is 1. The lowest BCUT2D eigenvalue weighted by atomic mass is 10.0. The molecule has 0 spiro atoms. The molecule has 2 aromatic carbocycles. The Morgan fingerprint density at radius 2 is 1.31 bits per heavy atom. The predicted octanol–water partition coefficient (Wildman–Crippen LogP) is 5.95. The van der Waals surface area contributed by atoms with Crippen molar-refractivity contribution >= 4 is 5.97 Å². The Labute approximate surface area is 172 Å². The van der Waals surface area contributed by atoms with Gasteiger partial charge in [-0.05, 0) is 35.1 Å². The van der Waals surface area contributed by atoms with E-state index in [1.54, 1.807) is 0 Å². The molecule has 3 rings (SSSR count). The number of aryl methyl sites for hydroxylation is 1. The quantitative estimate of drug-likeness (QED) is 0.436. The highest BCUT2D eigenvalue weighted by molar-refractivity contribution is 5.72. The summed E-state index contributed by atoms with van der Waals surface area (Å²) < 4.78 is 0. The van der Waals surface area contributed by atoms with Crippen LogP contribution in [0.25, 0.3) is 22.5 Å². The molecule has 0 aliphatic heterocycles. The van der Waals surface area contributed by atoms with Gasteiger partial charge in [0.15, 0.2) is 5.82 Å². The Morgan fingerprint density at radius 1 is 0.759 bits per heavy atom. The molecule has 0 amide bonds. The highest BCUT2D eigenvalue weighted by Gasteiger charge is 2.05. The first-order chi connectivity index (χ1) is 14.2. The smallest absolute Gasteiger partial charge is 0.307 e. The molecule has 0 saturated heterocycles. The fourth-order valence-corrected chi connectivity index (χ4v) is 3.37. The molecule has 1 aromatic heterocycles. The van der Waals surface area contributed by atoms with Crippen LogP contribution < -0.4 is 0 Å². The number of unbranched alkanes of at least 4 members (excludes halogenated alkanes) is 4. The molecule has 150 valence electrons. The van der Waals surface area contributed by atoms with Gasteiger partial charge in [-0.2, -0.15) is 0 Å². The van der Waals surface area contributed by atoms with Crippen LogP contribution in [0.2, 0.25) is 0 Å². The van der Waals surface area contributed by atoms with Crippen molar-refractivity contribution in [3.05, 3.63) is 72.1 Å². The van der Waals surface area contributed by atoms with Crippen molar-refractivity contribution in [1.82, 2.24) is 9.97 Å². The van der Waals surface area contributed by atoms with Crippen molar-refractivity contribution in [3.63, 3.8) is 0 Å². The average molecular weight is 389 g/mol. The third-order valence-corrected chi connectivity index (χ3v) is 5.06. The van der Waals surface area contributed by atoms with Crippen molar-refractivity contribution in [2.45, 2.75) is 51.9 Å². The number of hydrogen-bond acceptors (Lipinski definition) is 3. The van der Waals surface area contributed by atoms with Gasteiger partial charge in [0, 0.05) is 18.0 Å². The standard InChI is InChI=1S/C25H28N2O2/c1-2-3-4-5-6-7-20-17-26-25(27-18-20)23-14-12-22(13-15-23)21-10-8-19(9-11-21)16-24(28)29/h8-15,17-18H,2-7,16H2,1H3,(H,28,29). The number of rotatable bonds is 10. The molecular formula is C25H28N2O2. The normalized spacial score (nSPS) is 10.8. The molecule has 0 fully saturated rings. The second kappa shape index (κ2) is 10.5. The maximum atomic E-state index is 10.8. The molecule has 1 heterocycles. The first kappa shape index (κ1) is 20.7. The van der Waals surface area contributed by atoms with Gasteiger partial charge in [-0.1, -0.05) is 81.1 Å². The van der Waals surface area contributed by atoms with E-state index in [9.17, 15) is 4.79 Å². The Morgan fingerprint density at radius 3 is 1.90 bits per heavy atom. The molecule has 0 bridgehead atoms. The molecule has 0 saturated carbocycles. The van der Waals surface area contributed by atoms with Gasteiger partial charge in [0.2, 0.25) is 0 Å². The number of carbonyl (C=O) groups is 1. The van der Waals surface area contributed by atoms with Crippen molar-refractivity contribution < 1.29 is 9.90 Å². The van der Waals surface area contributed by atoms with E-state index >= 15 is 0 Å². The van der Waals surface area contributed by atoms with Gasteiger partial charge in [0.1, 0.15) is 0 Å². The topological polar surface area (TPSA) is 63.1 Å². The van der Waals surface area contributed by atoms with Crippen LogP contribution in [0.3, 0.4) is 0 Å². The van der Waals surface area contributed by atoms with Crippen LogP contribution in [0.1, 0.15) is 50.2 Å². The summed E-state index contributed by atoms with van der Waals surface area (Å²) in [4.78, 5) is 19.9. The zero-order valence-electron chi connectivity index (χ0n) is 17.0. The summed E-state index contributed by atoms with van der Waals surface area (Å²) in [5.74, 6) is -0.0762. The van der Waals surface area contributed by atoms with Crippen LogP contribution in [-0.2, 0) is 17.6 Å². The van der Waals surface area contributed by atoms with Crippen molar-refractivity contribution in [2.75, 3.05) is 0 Å². The molecule has 0 aliphatic carbocycles. The number of carboxylic acid groups (broad SMARTS) is 1. The van der Waals surface area contributed by atoms with E-state index < -0.39 is 5.97 Å². The Hall–Kier alpha value is -3.01. The predicted molar refractivity (Wildman–Crippen MR) is 117 cm³/mol. The van der Waals surface area contributed by atoms with Gasteiger partial charge in [-0.15, -0.1) is 0 Å². The van der Waals surface area contributed by atoms with E-state index in [2.05, 4.69) is 16.9 Å². The number of nitrogens with zero attached hydrogens (tertiary/aromatic N) is 2. The van der Waals surface area contributed by atoms with Gasteiger partial charge in [-0.25, -0.2) is 9.97 Å². The van der Waals surface area contributed by atoms with Gasteiger partial charge in [-0.3, -0.25) is 4.79 Å². The summed E-state index contributed by atoms with van der Waals surface area (Å²) >= 11 is 0. The minimum absolute atomic E-state index is 0.0469. The van der Waals surface area contributed by atoms with Crippen LogP contribution in [-0.4, -0.2) is 21.0 Å². The van der Waals surface area contributed by atoms with E-state index in [1.807, 2.05) is 60.9 Å². The molecule has 4 nitrogen and oxygen atoms in total. The maximum Gasteiger partial charge on any atom is 0.307 e. The molecule has 3 aromatic rings. The van der Waals surface area contributed by atoms with Gasteiger partial charge >= 0.3 is 5.97 Å². The zero-order valence-corrected chi connectivity index (χ0v) is 17.0. The summed E-state index contributed by atoms with van der Waals surface area (Å²) in [6, 6.07) is 15.8. The summed E-state index contributed by atoms with van der Waals surface area (Å²) in [7, 11) is 0. The van der Waals surface area contributed by atoms with Crippen molar-refractivity contribution in [1.29, 1.82) is 0 Å². The number of benzene rings is 2. The third kappa shape index (κ3) is 6.24. The summed E-state index contributed by atoms with van der Waals surface area (Å²) in [6.07, 6.45) is 11.3. The first-order valence-corrected chi connectivity index (χ1v) is 10.4. The number of aromatic nitrogens is 2. The van der Waals surface area contributed by atoms with Crippen molar-refractivity contribution in [3.8, 4) is 22.5 Å². The maximum absolute atomic E-state index is 10.8. The van der Waals surface area contributed by atoms with E-state index in [1.165, 1.54) is 37.7 Å². The zero-order chi connectivity index (χ0) is 20.5. The van der Waals surface area contributed by atoms with E-state index in [0.29, 0.717) is 0 Å². The second-order valence-electron chi connectivity index (χ2n) is 7.42. The van der Waals surface area contributed by atoms with Gasteiger partial charge in [0.25, 0.3) is 0 Å². The minimum atomic E-state index is -0.815.